The molecule has 258 valence electrons. The number of unbranched alkanes of at least 4 members (excludes halogenated alkanes) is 2. The molecule has 0 spiro atoms. The van der Waals surface area contributed by atoms with Crippen LogP contribution in [0, 0.1) is 5.92 Å². The Balaban J connectivity index is 5.83. The number of hydrogen-bond acceptors (Lipinski definition) is 7. The van der Waals surface area contributed by atoms with Gasteiger partial charge in [-0.3, -0.25) is 0 Å². The molecular formula is C25H32F12O7. The second kappa shape index (κ2) is 16.1. The van der Waals surface area contributed by atoms with Crippen LogP contribution in [0.4, 0.5) is 52.7 Å². The smallest absolute Gasteiger partial charge is 0.384 e. The summed E-state index contributed by atoms with van der Waals surface area (Å²) in [7, 11) is 0. The summed E-state index contributed by atoms with van der Waals surface area (Å²) >= 11 is 0. The van der Waals surface area contributed by atoms with Gasteiger partial charge in [0.25, 0.3) is 0 Å². The Morgan fingerprint density at radius 3 is 1.52 bits per heavy atom. The quantitative estimate of drug-likeness (QED) is 0.0669. The molecule has 19 heteroatoms. The number of hydrogen-bond donors (Lipinski definition) is 1. The molecule has 44 heavy (non-hydrogen) atoms. The first kappa shape index (κ1) is 41.5. The fraction of sp³-hybridized carbons (Fsp3) is 0.760. The zero-order chi connectivity index (χ0) is 34.8. The van der Waals surface area contributed by atoms with Gasteiger partial charge in [-0.1, -0.05) is 32.9 Å². The number of carbonyl (C=O) groups is 2. The van der Waals surface area contributed by atoms with Crippen LogP contribution < -0.4 is 0 Å². The lowest BCUT2D eigenvalue weighted by atomic mass is 9.91. The molecule has 0 fully saturated rings. The third-order valence-corrected chi connectivity index (χ3v) is 5.64. The molecule has 1 N–H and O–H groups in total. The molecule has 0 aliphatic rings. The number of aliphatic hydroxyl groups is 1. The predicted octanol–water partition coefficient (Wildman–Crippen LogP) is 5.85. The normalized spacial score (nSPS) is 14.2. The standard InChI is InChI=1S/C25H32F12O7/c1-5-6-7-8-41-13-20(26,27)22(30,31)24(34,35)25(36,37)23(32,33)21(28,29)14-42-10-17(11-43-18(39)15(2)3)12-44-19(40)16(4)9-38/h17,38H,2,4-14H2,1,3H3. The molecule has 1 atom stereocenters. The van der Waals surface area contributed by atoms with Crippen LogP contribution >= 0.6 is 0 Å². The topological polar surface area (TPSA) is 91.3 Å². The summed E-state index contributed by atoms with van der Waals surface area (Å²) in [5.74, 6) is -46.8. The van der Waals surface area contributed by atoms with E-state index < -0.39 is 105 Å². The van der Waals surface area contributed by atoms with Gasteiger partial charge in [-0.25, -0.2) is 9.59 Å². The second-order valence-electron chi connectivity index (χ2n) is 9.59. The number of ether oxygens (including phenoxy) is 4. The van der Waals surface area contributed by atoms with E-state index in [1.54, 1.807) is 6.92 Å². The monoisotopic (exact) mass is 672 g/mol. The zero-order valence-corrected chi connectivity index (χ0v) is 23.5. The number of rotatable bonds is 22. The van der Waals surface area contributed by atoms with Crippen molar-refractivity contribution < 1.29 is 86.3 Å². The molecule has 0 amide bonds. The van der Waals surface area contributed by atoms with Crippen molar-refractivity contribution in [1.29, 1.82) is 0 Å². The van der Waals surface area contributed by atoms with Crippen LogP contribution in [0.2, 0.25) is 0 Å². The summed E-state index contributed by atoms with van der Waals surface area (Å²) in [5.41, 5.74) is -0.724. The number of alkyl halides is 12. The van der Waals surface area contributed by atoms with Gasteiger partial charge in [0, 0.05) is 12.2 Å². The van der Waals surface area contributed by atoms with Gasteiger partial charge in [0.15, 0.2) is 0 Å². The SMILES string of the molecule is C=C(C)C(=O)OCC(COCC(F)(F)C(F)(F)C(F)(F)C(F)(F)C(F)(F)C(F)(F)COCCCCC)COC(=O)C(=C)CO. The van der Waals surface area contributed by atoms with E-state index in [9.17, 15) is 62.3 Å². The molecule has 0 saturated heterocycles. The Bertz CT molecular complexity index is 987. The van der Waals surface area contributed by atoms with Crippen molar-refractivity contribution in [3.05, 3.63) is 24.3 Å². The molecule has 0 aromatic heterocycles. The van der Waals surface area contributed by atoms with E-state index in [4.69, 9.17) is 5.11 Å². The van der Waals surface area contributed by atoms with Crippen LogP contribution in [-0.2, 0) is 28.5 Å². The average Bonchev–Trinajstić information content (AvgIpc) is 2.92. The van der Waals surface area contributed by atoms with Crippen molar-refractivity contribution >= 4 is 11.9 Å². The molecule has 0 radical (unpaired) electrons. The van der Waals surface area contributed by atoms with Crippen molar-refractivity contribution in [2.24, 2.45) is 5.92 Å². The highest BCUT2D eigenvalue weighted by molar-refractivity contribution is 5.88. The van der Waals surface area contributed by atoms with Crippen molar-refractivity contribution in [2.45, 2.75) is 68.6 Å². The molecular weight excluding hydrogens is 640 g/mol. The highest BCUT2D eigenvalue weighted by atomic mass is 19.4. The Morgan fingerprint density at radius 2 is 1.11 bits per heavy atom. The number of carbonyl (C=O) groups excluding carboxylic acids is 2. The summed E-state index contributed by atoms with van der Waals surface area (Å²) in [6, 6.07) is 0. The maximum absolute atomic E-state index is 14.2. The number of esters is 2. The molecule has 0 aliphatic heterocycles. The molecule has 0 aromatic carbocycles. The van der Waals surface area contributed by atoms with E-state index in [-0.39, 0.29) is 12.0 Å². The van der Waals surface area contributed by atoms with Crippen molar-refractivity contribution in [2.75, 3.05) is 46.2 Å². The Labute approximate surface area is 244 Å². The van der Waals surface area contributed by atoms with Crippen LogP contribution in [0.3, 0.4) is 0 Å². The van der Waals surface area contributed by atoms with Gasteiger partial charge in [-0.05, 0) is 13.3 Å². The fourth-order valence-electron chi connectivity index (χ4n) is 2.86. The third-order valence-electron chi connectivity index (χ3n) is 5.64. The maximum atomic E-state index is 14.2. The zero-order valence-electron chi connectivity index (χ0n) is 23.5. The minimum atomic E-state index is -7.79. The minimum absolute atomic E-state index is 0.0351. The van der Waals surface area contributed by atoms with Crippen LogP contribution in [0.25, 0.3) is 0 Å². The van der Waals surface area contributed by atoms with Crippen molar-refractivity contribution in [1.82, 2.24) is 0 Å². The Hall–Kier alpha value is -2.54. The van der Waals surface area contributed by atoms with Gasteiger partial charge in [-0.2, -0.15) is 52.7 Å². The van der Waals surface area contributed by atoms with Crippen molar-refractivity contribution in [3.63, 3.8) is 0 Å². The van der Waals surface area contributed by atoms with E-state index in [1.807, 2.05) is 0 Å². The third kappa shape index (κ3) is 9.73. The number of aliphatic hydroxyl groups excluding tert-OH is 1. The van der Waals surface area contributed by atoms with E-state index in [1.165, 1.54) is 0 Å². The first-order valence-electron chi connectivity index (χ1n) is 12.6. The lowest BCUT2D eigenvalue weighted by Crippen LogP contribution is -2.71. The molecule has 0 aromatic rings. The van der Waals surface area contributed by atoms with Crippen LogP contribution in [0.5, 0.6) is 0 Å². The minimum Gasteiger partial charge on any atom is -0.462 e. The maximum Gasteiger partial charge on any atom is 0.384 e. The van der Waals surface area contributed by atoms with E-state index >= 15 is 0 Å². The van der Waals surface area contributed by atoms with E-state index in [2.05, 4.69) is 32.1 Å². The lowest BCUT2D eigenvalue weighted by Gasteiger charge is -2.41. The van der Waals surface area contributed by atoms with Crippen LogP contribution in [0.1, 0.15) is 33.1 Å². The molecule has 7 nitrogen and oxygen atoms in total. The molecule has 0 rings (SSSR count). The van der Waals surface area contributed by atoms with Gasteiger partial charge < -0.3 is 24.1 Å². The van der Waals surface area contributed by atoms with Crippen LogP contribution in [-0.4, -0.2) is 98.8 Å². The summed E-state index contributed by atoms with van der Waals surface area (Å²) in [4.78, 5) is 23.2. The van der Waals surface area contributed by atoms with Crippen molar-refractivity contribution in [3.8, 4) is 0 Å². The van der Waals surface area contributed by atoms with Crippen LogP contribution in [0.15, 0.2) is 24.3 Å². The summed E-state index contributed by atoms with van der Waals surface area (Å²) in [5, 5.41) is 8.83. The molecule has 0 bridgehead atoms. The van der Waals surface area contributed by atoms with Gasteiger partial charge >= 0.3 is 47.5 Å². The van der Waals surface area contributed by atoms with E-state index in [0.29, 0.717) is 12.8 Å². The fourth-order valence-corrected chi connectivity index (χ4v) is 2.86. The van der Waals surface area contributed by atoms with E-state index in [0.717, 1.165) is 6.92 Å². The molecule has 0 saturated carbocycles. The Kier molecular flexibility index (Phi) is 15.2. The summed E-state index contributed by atoms with van der Waals surface area (Å²) < 4.78 is 186. The average molecular weight is 672 g/mol. The highest BCUT2D eigenvalue weighted by Gasteiger charge is 2.90. The van der Waals surface area contributed by atoms with Gasteiger partial charge in [-0.15, -0.1) is 0 Å². The van der Waals surface area contributed by atoms with Gasteiger partial charge in [0.2, 0.25) is 0 Å². The molecule has 0 aliphatic carbocycles. The first-order valence-corrected chi connectivity index (χ1v) is 12.6. The highest BCUT2D eigenvalue weighted by Crippen LogP contribution is 2.60. The predicted molar refractivity (Wildman–Crippen MR) is 127 cm³/mol. The second-order valence-corrected chi connectivity index (χ2v) is 9.59. The van der Waals surface area contributed by atoms with Gasteiger partial charge in [0.05, 0.1) is 37.9 Å². The van der Waals surface area contributed by atoms with Gasteiger partial charge in [0.1, 0.15) is 13.2 Å². The first-order chi connectivity index (χ1) is 19.9. The number of halogens is 12. The molecule has 0 heterocycles. The Morgan fingerprint density at radius 1 is 0.682 bits per heavy atom. The largest absolute Gasteiger partial charge is 0.462 e. The summed E-state index contributed by atoms with van der Waals surface area (Å²) in [6.07, 6.45) is 0.752. The lowest BCUT2D eigenvalue weighted by molar-refractivity contribution is -0.429. The summed E-state index contributed by atoms with van der Waals surface area (Å²) in [6.45, 7) is -1.09. The molecule has 1 unspecified atom stereocenters.